The van der Waals surface area contributed by atoms with Gasteiger partial charge in [0, 0.05) is 21.3 Å². The fourth-order valence-electron chi connectivity index (χ4n) is 3.92. The van der Waals surface area contributed by atoms with Crippen LogP contribution in [0.5, 0.6) is 5.75 Å². The zero-order valence-corrected chi connectivity index (χ0v) is 19.1. The zero-order chi connectivity index (χ0) is 23.9. The van der Waals surface area contributed by atoms with Gasteiger partial charge in [0.2, 0.25) is 0 Å². The van der Waals surface area contributed by atoms with E-state index in [2.05, 4.69) is 0 Å². The predicted octanol–water partition coefficient (Wildman–Crippen LogP) is 6.08. The monoisotopic (exact) mass is 485 g/mol. The Balaban J connectivity index is 2.03. The average Bonchev–Trinajstić information content (AvgIpc) is 3.03. The number of aryl methyl sites for hydroxylation is 1. The van der Waals surface area contributed by atoms with Gasteiger partial charge in [0.15, 0.2) is 0 Å². The van der Waals surface area contributed by atoms with Crippen LogP contribution < -0.4 is 9.64 Å². The third-order valence-electron chi connectivity index (χ3n) is 5.38. The van der Waals surface area contributed by atoms with E-state index in [-0.39, 0.29) is 32.4 Å². The lowest BCUT2D eigenvalue weighted by molar-refractivity contribution is -0.132. The molecule has 0 bridgehead atoms. The van der Waals surface area contributed by atoms with Crippen LogP contribution in [0.15, 0.2) is 66.2 Å². The Morgan fingerprint density at radius 2 is 1.70 bits per heavy atom. The first-order chi connectivity index (χ1) is 15.7. The maximum atomic E-state index is 15.0. The van der Waals surface area contributed by atoms with Crippen LogP contribution in [-0.4, -0.2) is 23.9 Å². The Labute approximate surface area is 199 Å². The van der Waals surface area contributed by atoms with Gasteiger partial charge in [0.05, 0.1) is 24.3 Å². The van der Waals surface area contributed by atoms with Gasteiger partial charge in [-0.3, -0.25) is 14.5 Å². The summed E-state index contributed by atoms with van der Waals surface area (Å²) in [6, 6.07) is 13.9. The van der Waals surface area contributed by atoms with E-state index >= 15 is 0 Å². The number of hydrogen-bond donors (Lipinski definition) is 1. The summed E-state index contributed by atoms with van der Waals surface area (Å²) in [7, 11) is 1.42. The summed E-state index contributed by atoms with van der Waals surface area (Å²) >= 11 is 12.3. The van der Waals surface area contributed by atoms with Crippen LogP contribution in [0.2, 0.25) is 10.0 Å². The van der Waals surface area contributed by atoms with Crippen molar-refractivity contribution in [1.82, 2.24) is 0 Å². The molecule has 1 heterocycles. The van der Waals surface area contributed by atoms with Gasteiger partial charge < -0.3 is 9.84 Å². The van der Waals surface area contributed by atoms with Crippen LogP contribution in [0.25, 0.3) is 5.76 Å². The van der Waals surface area contributed by atoms with Gasteiger partial charge in [0.1, 0.15) is 17.3 Å². The van der Waals surface area contributed by atoms with Crippen molar-refractivity contribution in [2.75, 3.05) is 12.0 Å². The number of carbonyl (C=O) groups is 2. The van der Waals surface area contributed by atoms with Crippen molar-refractivity contribution in [2.24, 2.45) is 0 Å². The number of benzene rings is 3. The van der Waals surface area contributed by atoms with E-state index in [4.69, 9.17) is 27.9 Å². The summed E-state index contributed by atoms with van der Waals surface area (Å²) in [5.74, 6) is -2.75. The molecule has 1 aliphatic heterocycles. The first-order valence-corrected chi connectivity index (χ1v) is 10.6. The van der Waals surface area contributed by atoms with E-state index in [0.29, 0.717) is 5.75 Å². The van der Waals surface area contributed by atoms with E-state index in [9.17, 15) is 19.1 Å². The van der Waals surface area contributed by atoms with Gasteiger partial charge >= 0.3 is 0 Å². The van der Waals surface area contributed by atoms with Crippen molar-refractivity contribution in [3.8, 4) is 5.75 Å². The molecule has 3 aromatic carbocycles. The SMILES string of the molecule is COc1ccc(C)cc1/C(O)=C1\C(=O)C(=O)N(c2cc(Cl)cc(Cl)c2)C1c1ccccc1F. The van der Waals surface area contributed by atoms with Gasteiger partial charge in [-0.25, -0.2) is 4.39 Å². The highest BCUT2D eigenvalue weighted by molar-refractivity contribution is 6.52. The second kappa shape index (κ2) is 8.89. The summed E-state index contributed by atoms with van der Waals surface area (Å²) < 4.78 is 20.3. The quantitative estimate of drug-likeness (QED) is 0.276. The molecule has 1 aliphatic rings. The molecule has 8 heteroatoms. The Morgan fingerprint density at radius 3 is 2.33 bits per heavy atom. The van der Waals surface area contributed by atoms with E-state index in [1.165, 1.54) is 43.5 Å². The van der Waals surface area contributed by atoms with Crippen molar-refractivity contribution in [1.29, 1.82) is 0 Å². The van der Waals surface area contributed by atoms with Crippen LogP contribution in [0.1, 0.15) is 22.7 Å². The highest BCUT2D eigenvalue weighted by atomic mass is 35.5. The molecule has 5 nitrogen and oxygen atoms in total. The Kier molecular flexibility index (Phi) is 6.15. The van der Waals surface area contributed by atoms with Gasteiger partial charge in [-0.1, -0.05) is 53.0 Å². The number of amides is 1. The lowest BCUT2D eigenvalue weighted by Crippen LogP contribution is -2.29. The normalized spacial score (nSPS) is 17.5. The summed E-state index contributed by atoms with van der Waals surface area (Å²) in [6.07, 6.45) is 0. The largest absolute Gasteiger partial charge is 0.507 e. The van der Waals surface area contributed by atoms with Gasteiger partial charge in [-0.2, -0.15) is 0 Å². The number of halogens is 3. The molecule has 0 saturated carbocycles. The molecule has 1 atom stereocenters. The topological polar surface area (TPSA) is 66.8 Å². The molecular weight excluding hydrogens is 468 g/mol. The van der Waals surface area contributed by atoms with Gasteiger partial charge in [0.25, 0.3) is 11.7 Å². The van der Waals surface area contributed by atoms with E-state index in [1.54, 1.807) is 31.2 Å². The number of anilines is 1. The number of rotatable bonds is 4. The highest BCUT2D eigenvalue weighted by Gasteiger charge is 2.48. The number of ketones is 1. The number of aliphatic hydroxyl groups excluding tert-OH is 1. The summed E-state index contributed by atoms with van der Waals surface area (Å²) in [5.41, 5.74) is 0.945. The van der Waals surface area contributed by atoms with Crippen LogP contribution in [0.4, 0.5) is 10.1 Å². The minimum Gasteiger partial charge on any atom is -0.507 e. The van der Waals surface area contributed by atoms with Crippen molar-refractivity contribution in [3.05, 3.63) is 98.8 Å². The Morgan fingerprint density at radius 1 is 1.03 bits per heavy atom. The molecule has 33 heavy (non-hydrogen) atoms. The Hall–Kier alpha value is -3.35. The average molecular weight is 486 g/mol. The van der Waals surface area contributed by atoms with Crippen LogP contribution in [-0.2, 0) is 9.59 Å². The second-order valence-corrected chi connectivity index (χ2v) is 8.39. The molecule has 0 spiro atoms. The number of Topliss-reactive ketones (excluding diaryl/α,β-unsaturated/α-hetero) is 1. The summed E-state index contributed by atoms with van der Waals surface area (Å²) in [6.45, 7) is 1.80. The first kappa shape index (κ1) is 22.8. The molecule has 168 valence electrons. The van der Waals surface area contributed by atoms with Crippen LogP contribution in [0.3, 0.4) is 0 Å². The molecule has 1 saturated heterocycles. The Bertz CT molecular complexity index is 1300. The standard InChI is InChI=1S/C25H18Cl2FNO4/c1-13-7-8-20(33-2)18(9-13)23(30)21-22(17-5-3-4-6-19(17)28)29(25(32)24(21)31)16-11-14(26)10-15(27)12-16/h3-12,22,30H,1-2H3/b23-21+. The molecular formula is C25H18Cl2FNO4. The molecule has 3 aromatic rings. The maximum absolute atomic E-state index is 15.0. The smallest absolute Gasteiger partial charge is 0.300 e. The van der Waals surface area contributed by atoms with E-state index in [0.717, 1.165) is 10.5 Å². The predicted molar refractivity (Wildman–Crippen MR) is 125 cm³/mol. The van der Waals surface area contributed by atoms with Gasteiger partial charge in [-0.05, 0) is 43.3 Å². The van der Waals surface area contributed by atoms with Crippen molar-refractivity contribution < 1.29 is 23.8 Å². The third-order valence-corrected chi connectivity index (χ3v) is 5.82. The number of hydrogen-bond acceptors (Lipinski definition) is 4. The molecule has 0 aliphatic carbocycles. The van der Waals surface area contributed by atoms with E-state index in [1.807, 2.05) is 0 Å². The molecule has 1 fully saturated rings. The number of aliphatic hydroxyl groups is 1. The zero-order valence-electron chi connectivity index (χ0n) is 17.6. The number of ether oxygens (including phenoxy) is 1. The molecule has 0 aromatic heterocycles. The molecule has 1 amide bonds. The number of carbonyl (C=O) groups excluding carboxylic acids is 2. The van der Waals surface area contributed by atoms with Gasteiger partial charge in [-0.15, -0.1) is 0 Å². The van der Waals surface area contributed by atoms with Crippen molar-refractivity contribution >= 4 is 46.3 Å². The second-order valence-electron chi connectivity index (χ2n) is 7.52. The number of nitrogens with zero attached hydrogens (tertiary/aromatic N) is 1. The number of methoxy groups -OCH3 is 1. The molecule has 1 unspecified atom stereocenters. The maximum Gasteiger partial charge on any atom is 0.300 e. The third kappa shape index (κ3) is 4.08. The van der Waals surface area contributed by atoms with Crippen molar-refractivity contribution in [2.45, 2.75) is 13.0 Å². The molecule has 4 rings (SSSR count). The molecule has 0 radical (unpaired) electrons. The minimum atomic E-state index is -1.26. The fraction of sp³-hybridized carbons (Fsp3) is 0.120. The van der Waals surface area contributed by atoms with E-state index < -0.39 is 29.3 Å². The minimum absolute atomic E-state index is 0.0287. The lowest BCUT2D eigenvalue weighted by atomic mass is 9.94. The molecule has 1 N–H and O–H groups in total. The summed E-state index contributed by atoms with van der Waals surface area (Å²) in [5, 5.41) is 11.7. The summed E-state index contributed by atoms with van der Waals surface area (Å²) in [4.78, 5) is 27.5. The van der Waals surface area contributed by atoms with Crippen LogP contribution in [0, 0.1) is 12.7 Å². The highest BCUT2D eigenvalue weighted by Crippen LogP contribution is 2.44. The van der Waals surface area contributed by atoms with Crippen LogP contribution >= 0.6 is 23.2 Å². The van der Waals surface area contributed by atoms with Crippen molar-refractivity contribution in [3.63, 3.8) is 0 Å². The fourth-order valence-corrected chi connectivity index (χ4v) is 4.43. The first-order valence-electron chi connectivity index (χ1n) is 9.89. The lowest BCUT2D eigenvalue weighted by Gasteiger charge is -2.26.